The van der Waals surface area contributed by atoms with Crippen LogP contribution in [0.15, 0.2) is 9.59 Å². The molecule has 7 nitrogen and oxygen atoms in total. The van der Waals surface area contributed by atoms with Crippen LogP contribution in [-0.2, 0) is 0 Å². The number of methoxy groups -OCH3 is 1. The Balaban J connectivity index is 2.03. The van der Waals surface area contributed by atoms with Crippen LogP contribution in [0.1, 0.15) is 31.4 Å². The molecule has 4 rings (SSSR count). The Hall–Kier alpha value is -2.49. The molecule has 2 aliphatic rings. The Morgan fingerprint density at radius 2 is 1.97 bits per heavy atom. The highest BCUT2D eigenvalue weighted by molar-refractivity contribution is 5.93. The third-order valence-corrected chi connectivity index (χ3v) is 5.92. The van der Waals surface area contributed by atoms with Crippen LogP contribution in [0.2, 0.25) is 0 Å². The van der Waals surface area contributed by atoms with Crippen LogP contribution in [0.4, 0.5) is 18.9 Å². The lowest BCUT2D eigenvalue weighted by atomic mass is 9.98. The summed E-state index contributed by atoms with van der Waals surface area (Å²) in [6.07, 6.45) is 1.48. The molecule has 1 aliphatic carbocycles. The van der Waals surface area contributed by atoms with Gasteiger partial charge in [-0.15, -0.1) is 0 Å². The number of nitrogens with zero attached hydrogens (tertiary/aromatic N) is 2. The Bertz CT molecular complexity index is 1100. The first-order valence-electron chi connectivity index (χ1n) is 9.51. The van der Waals surface area contributed by atoms with Crippen molar-refractivity contribution in [2.24, 2.45) is 11.7 Å². The van der Waals surface area contributed by atoms with Crippen LogP contribution in [-0.4, -0.2) is 41.7 Å². The lowest BCUT2D eigenvalue weighted by Crippen LogP contribution is -2.39. The largest absolute Gasteiger partial charge is 0.493 e. The number of nitrogens with two attached hydrogens (primary N) is 1. The van der Waals surface area contributed by atoms with Gasteiger partial charge in [0.25, 0.3) is 11.5 Å². The topological polar surface area (TPSA) is 93.3 Å². The van der Waals surface area contributed by atoms with Crippen LogP contribution in [0, 0.1) is 18.7 Å². The van der Waals surface area contributed by atoms with E-state index in [1.54, 1.807) is 0 Å². The third kappa shape index (κ3) is 2.92. The van der Waals surface area contributed by atoms with E-state index >= 15 is 4.39 Å². The second-order valence-corrected chi connectivity index (χ2v) is 8.01. The zero-order valence-electron chi connectivity index (χ0n) is 16.4. The van der Waals surface area contributed by atoms with E-state index in [0.717, 1.165) is 12.8 Å². The maximum Gasteiger partial charge on any atom is 0.329 e. The predicted molar refractivity (Wildman–Crippen MR) is 103 cm³/mol. The lowest BCUT2D eigenvalue weighted by molar-refractivity contribution is -0.0273. The molecule has 1 aliphatic heterocycles. The number of ether oxygens (including phenoxy) is 1. The number of aryl methyl sites for hydroxylation is 1. The van der Waals surface area contributed by atoms with E-state index in [1.807, 2.05) is 0 Å². The van der Waals surface area contributed by atoms with Crippen molar-refractivity contribution in [2.75, 3.05) is 25.1 Å². The second-order valence-electron chi connectivity index (χ2n) is 8.01. The average Bonchev–Trinajstić information content (AvgIpc) is 3.39. The SMILES string of the molecule is COc1c(F)c(N2CC(C(C)N)C(F)(F)C2)c(C)c2c1c(=O)[nH]c(=O)n2C1CC1. The Morgan fingerprint density at radius 1 is 1.31 bits per heavy atom. The molecule has 0 spiro atoms. The van der Waals surface area contributed by atoms with Crippen molar-refractivity contribution < 1.29 is 17.9 Å². The van der Waals surface area contributed by atoms with Crippen molar-refractivity contribution in [3.63, 3.8) is 0 Å². The van der Waals surface area contributed by atoms with E-state index in [4.69, 9.17) is 10.5 Å². The zero-order chi connectivity index (χ0) is 21.2. The maximum absolute atomic E-state index is 15.4. The number of hydrogen-bond acceptors (Lipinski definition) is 5. The Labute approximate surface area is 164 Å². The van der Waals surface area contributed by atoms with E-state index in [2.05, 4.69) is 4.98 Å². The minimum Gasteiger partial charge on any atom is -0.493 e. The molecule has 2 fully saturated rings. The van der Waals surface area contributed by atoms with Crippen LogP contribution < -0.4 is 26.6 Å². The molecule has 1 saturated heterocycles. The number of rotatable bonds is 4. The normalized spacial score (nSPS) is 22.3. The molecular formula is C19H23F3N4O3. The van der Waals surface area contributed by atoms with Crippen LogP contribution in [0.5, 0.6) is 5.75 Å². The fourth-order valence-corrected chi connectivity index (χ4v) is 4.40. The molecule has 1 aromatic carbocycles. The molecule has 2 aromatic rings. The number of H-pyrrole nitrogens is 1. The summed E-state index contributed by atoms with van der Waals surface area (Å²) < 4.78 is 51.1. The van der Waals surface area contributed by atoms with Gasteiger partial charge in [0.1, 0.15) is 5.39 Å². The van der Waals surface area contributed by atoms with Gasteiger partial charge in [-0.2, -0.15) is 0 Å². The van der Waals surface area contributed by atoms with Gasteiger partial charge in [-0.05, 0) is 26.7 Å². The summed E-state index contributed by atoms with van der Waals surface area (Å²) in [5.41, 5.74) is 4.75. The summed E-state index contributed by atoms with van der Waals surface area (Å²) >= 11 is 0. The summed E-state index contributed by atoms with van der Waals surface area (Å²) in [5, 5.41) is -0.0903. The summed E-state index contributed by atoms with van der Waals surface area (Å²) in [7, 11) is 1.20. The number of alkyl halides is 2. The van der Waals surface area contributed by atoms with E-state index in [0.29, 0.717) is 0 Å². The van der Waals surface area contributed by atoms with Crippen LogP contribution in [0.25, 0.3) is 10.9 Å². The van der Waals surface area contributed by atoms with Crippen molar-refractivity contribution >= 4 is 16.6 Å². The number of anilines is 1. The molecule has 2 atom stereocenters. The van der Waals surface area contributed by atoms with Gasteiger partial charge in [-0.1, -0.05) is 0 Å². The molecule has 1 saturated carbocycles. The Morgan fingerprint density at radius 3 is 2.48 bits per heavy atom. The minimum atomic E-state index is -3.10. The first kappa shape index (κ1) is 19.8. The summed E-state index contributed by atoms with van der Waals surface area (Å²) in [6.45, 7) is 2.18. The number of aromatic amines is 1. The van der Waals surface area contributed by atoms with Crippen molar-refractivity contribution in [3.05, 3.63) is 32.2 Å². The summed E-state index contributed by atoms with van der Waals surface area (Å²) in [5.74, 6) is -5.50. The number of hydrogen-bond donors (Lipinski definition) is 2. The minimum absolute atomic E-state index is 0.0865. The molecule has 10 heteroatoms. The van der Waals surface area contributed by atoms with Gasteiger partial charge in [-0.25, -0.2) is 18.0 Å². The highest BCUT2D eigenvalue weighted by Gasteiger charge is 2.50. The van der Waals surface area contributed by atoms with Gasteiger partial charge in [0, 0.05) is 24.2 Å². The highest BCUT2D eigenvalue weighted by Crippen LogP contribution is 2.45. The molecule has 2 unspecified atom stereocenters. The smallest absolute Gasteiger partial charge is 0.329 e. The second kappa shape index (κ2) is 6.51. The van der Waals surface area contributed by atoms with Gasteiger partial charge in [-0.3, -0.25) is 14.3 Å². The first-order valence-corrected chi connectivity index (χ1v) is 9.51. The van der Waals surface area contributed by atoms with E-state index in [1.165, 1.54) is 30.4 Å². The van der Waals surface area contributed by atoms with Gasteiger partial charge in [0.2, 0.25) is 0 Å². The molecule has 29 heavy (non-hydrogen) atoms. The van der Waals surface area contributed by atoms with Gasteiger partial charge in [0.05, 0.1) is 30.8 Å². The maximum atomic E-state index is 15.4. The standard InChI is InChI=1S/C19H23F3N4O3/c1-8-14-12(17(27)24-18(28)26(14)10-4-5-10)16(29-3)13(20)15(8)25-6-11(9(2)23)19(21,22)7-25/h9-11H,4-7,23H2,1-3H3,(H,24,27,28). The van der Waals surface area contributed by atoms with E-state index in [9.17, 15) is 18.4 Å². The molecule has 2 heterocycles. The van der Waals surface area contributed by atoms with Crippen LogP contribution in [0.3, 0.4) is 0 Å². The lowest BCUT2D eigenvalue weighted by Gasteiger charge is -2.25. The summed E-state index contributed by atoms with van der Waals surface area (Å²) in [6, 6.07) is -0.909. The fourth-order valence-electron chi connectivity index (χ4n) is 4.40. The monoisotopic (exact) mass is 412 g/mol. The van der Waals surface area contributed by atoms with Crippen molar-refractivity contribution in [1.29, 1.82) is 0 Å². The third-order valence-electron chi connectivity index (χ3n) is 5.92. The fraction of sp³-hybridized carbons (Fsp3) is 0.579. The van der Waals surface area contributed by atoms with Gasteiger partial charge in [0.15, 0.2) is 11.6 Å². The number of nitrogens with one attached hydrogen (secondary N) is 1. The van der Waals surface area contributed by atoms with Crippen molar-refractivity contribution in [2.45, 2.75) is 44.7 Å². The number of fused-ring (bicyclic) bond motifs is 1. The number of benzene rings is 1. The predicted octanol–water partition coefficient (Wildman–Crippen LogP) is 1.90. The molecular weight excluding hydrogens is 389 g/mol. The summed E-state index contributed by atoms with van der Waals surface area (Å²) in [4.78, 5) is 28.4. The average molecular weight is 412 g/mol. The Kier molecular flexibility index (Phi) is 4.45. The molecule has 3 N–H and O–H groups in total. The van der Waals surface area contributed by atoms with E-state index in [-0.39, 0.29) is 40.5 Å². The quantitative estimate of drug-likeness (QED) is 0.800. The molecule has 1 aromatic heterocycles. The van der Waals surface area contributed by atoms with E-state index < -0.39 is 41.5 Å². The molecule has 158 valence electrons. The number of aromatic nitrogens is 2. The van der Waals surface area contributed by atoms with Gasteiger partial charge >= 0.3 is 5.69 Å². The molecule has 0 amide bonds. The highest BCUT2D eigenvalue weighted by atomic mass is 19.3. The number of halogens is 3. The van der Waals surface area contributed by atoms with Crippen LogP contribution >= 0.6 is 0 Å². The molecule has 0 bridgehead atoms. The first-order chi connectivity index (χ1) is 13.6. The molecule has 0 radical (unpaired) electrons. The van der Waals surface area contributed by atoms with Crippen molar-refractivity contribution in [3.8, 4) is 5.75 Å². The van der Waals surface area contributed by atoms with Gasteiger partial charge < -0.3 is 15.4 Å². The van der Waals surface area contributed by atoms with Crippen molar-refractivity contribution in [1.82, 2.24) is 9.55 Å². The zero-order valence-corrected chi connectivity index (χ0v) is 16.4.